The molecule has 0 unspecified atom stereocenters. The summed E-state index contributed by atoms with van der Waals surface area (Å²) in [5, 5.41) is 11.9. The second-order valence-corrected chi connectivity index (χ2v) is 4.54. The molecule has 0 aliphatic carbocycles. The molecule has 1 aromatic carbocycles. The Morgan fingerprint density at radius 1 is 1.09 bits per heavy atom. The van der Waals surface area contributed by atoms with Crippen molar-refractivity contribution >= 4 is 12.2 Å². The Balaban J connectivity index is 1.73. The third-order valence-electron chi connectivity index (χ3n) is 3.03. The van der Waals surface area contributed by atoms with E-state index in [0.29, 0.717) is 11.6 Å². The number of ether oxygens (including phenoxy) is 1. The first-order valence-electron chi connectivity index (χ1n) is 6.88. The molecule has 0 atom stereocenters. The number of methoxy groups -OCH3 is 1. The average molecular weight is 306 g/mol. The van der Waals surface area contributed by atoms with E-state index in [1.165, 1.54) is 0 Å². The minimum absolute atomic E-state index is 0.323. The summed E-state index contributed by atoms with van der Waals surface area (Å²) in [6, 6.07) is 11.2. The first-order valence-corrected chi connectivity index (χ1v) is 6.88. The Kier molecular flexibility index (Phi) is 4.49. The smallest absolute Gasteiger partial charge is 0.263 e. The topological polar surface area (TPSA) is 85.2 Å². The molecule has 23 heavy (non-hydrogen) atoms. The highest BCUT2D eigenvalue weighted by molar-refractivity contribution is 5.79. The van der Waals surface area contributed by atoms with Crippen molar-refractivity contribution in [3.63, 3.8) is 0 Å². The van der Waals surface area contributed by atoms with Gasteiger partial charge in [0.05, 0.1) is 25.2 Å². The zero-order valence-corrected chi connectivity index (χ0v) is 12.4. The lowest BCUT2D eigenvalue weighted by molar-refractivity contribution is 0.415. The van der Waals surface area contributed by atoms with E-state index in [4.69, 9.17) is 4.74 Å². The van der Waals surface area contributed by atoms with Crippen LogP contribution in [0.5, 0.6) is 5.75 Å². The number of nitrogens with one attached hydrogen (secondary N) is 1. The number of rotatable bonds is 5. The molecule has 2 heterocycles. The Bertz CT molecular complexity index is 789. The van der Waals surface area contributed by atoms with Crippen LogP contribution in [0.4, 0.5) is 5.95 Å². The van der Waals surface area contributed by atoms with Gasteiger partial charge < -0.3 is 4.74 Å². The van der Waals surface area contributed by atoms with Crippen LogP contribution in [0.15, 0.2) is 60.1 Å². The number of hydrogen-bond donors (Lipinski definition) is 1. The molecule has 0 aliphatic rings. The molecule has 3 rings (SSSR count). The minimum atomic E-state index is 0.323. The normalized spacial score (nSPS) is 10.7. The Hall–Kier alpha value is -3.35. The number of hydrogen-bond acceptors (Lipinski definition) is 7. The van der Waals surface area contributed by atoms with Crippen molar-refractivity contribution in [2.24, 2.45) is 5.10 Å². The largest absolute Gasteiger partial charge is 0.497 e. The van der Waals surface area contributed by atoms with Gasteiger partial charge in [-0.2, -0.15) is 10.2 Å². The van der Waals surface area contributed by atoms with Gasteiger partial charge in [0.15, 0.2) is 0 Å². The van der Waals surface area contributed by atoms with Gasteiger partial charge in [-0.25, -0.2) is 10.4 Å². The lowest BCUT2D eigenvalue weighted by Crippen LogP contribution is -2.00. The molecule has 0 saturated carbocycles. The predicted octanol–water partition coefficient (Wildman–Crippen LogP) is 2.39. The van der Waals surface area contributed by atoms with E-state index >= 15 is 0 Å². The predicted molar refractivity (Wildman–Crippen MR) is 87.3 cm³/mol. The fraction of sp³-hybridized carbons (Fsp3) is 0.0625. The number of hydrazone groups is 1. The van der Waals surface area contributed by atoms with Gasteiger partial charge >= 0.3 is 0 Å². The van der Waals surface area contributed by atoms with E-state index in [-0.39, 0.29) is 0 Å². The van der Waals surface area contributed by atoms with Gasteiger partial charge in [0.25, 0.3) is 5.95 Å². The van der Waals surface area contributed by atoms with Crippen LogP contribution >= 0.6 is 0 Å². The zero-order valence-electron chi connectivity index (χ0n) is 12.4. The summed E-state index contributed by atoms with van der Waals surface area (Å²) in [4.78, 5) is 8.32. The summed E-state index contributed by atoms with van der Waals surface area (Å²) in [7, 11) is 1.63. The molecule has 114 valence electrons. The zero-order chi connectivity index (χ0) is 15.9. The van der Waals surface area contributed by atoms with Crippen molar-refractivity contribution in [2.75, 3.05) is 12.5 Å². The van der Waals surface area contributed by atoms with Crippen LogP contribution in [0.3, 0.4) is 0 Å². The van der Waals surface area contributed by atoms with E-state index in [2.05, 4.69) is 30.7 Å². The van der Waals surface area contributed by atoms with E-state index in [9.17, 15) is 0 Å². The quantitative estimate of drug-likeness (QED) is 0.575. The van der Waals surface area contributed by atoms with Crippen LogP contribution in [0.2, 0.25) is 0 Å². The Morgan fingerprint density at radius 3 is 2.61 bits per heavy atom. The molecule has 7 heteroatoms. The molecule has 0 saturated heterocycles. The first-order chi connectivity index (χ1) is 11.3. The second kappa shape index (κ2) is 7.08. The van der Waals surface area contributed by atoms with E-state index in [1.807, 2.05) is 36.4 Å². The maximum atomic E-state index is 5.14. The number of pyridine rings is 1. The van der Waals surface area contributed by atoms with Gasteiger partial charge in [-0.3, -0.25) is 4.98 Å². The van der Waals surface area contributed by atoms with Crippen LogP contribution in [0.1, 0.15) is 5.56 Å². The van der Waals surface area contributed by atoms with Crippen molar-refractivity contribution in [1.29, 1.82) is 0 Å². The summed E-state index contributed by atoms with van der Waals surface area (Å²) in [5.74, 6) is 1.11. The molecule has 0 bridgehead atoms. The molecule has 0 radical (unpaired) electrons. The number of benzene rings is 1. The average Bonchev–Trinajstić information content (AvgIpc) is 2.63. The molecule has 7 nitrogen and oxygen atoms in total. The van der Waals surface area contributed by atoms with Crippen molar-refractivity contribution < 1.29 is 4.74 Å². The molecule has 0 spiro atoms. The van der Waals surface area contributed by atoms with Crippen molar-refractivity contribution in [3.8, 4) is 17.0 Å². The van der Waals surface area contributed by atoms with Gasteiger partial charge in [0.1, 0.15) is 5.75 Å². The molecule has 3 aromatic rings. The number of aromatic nitrogens is 4. The van der Waals surface area contributed by atoms with Gasteiger partial charge in [-0.15, -0.1) is 5.10 Å². The number of anilines is 1. The molecule has 0 aliphatic heterocycles. The van der Waals surface area contributed by atoms with Crippen LogP contribution in [0, 0.1) is 0 Å². The monoisotopic (exact) mass is 306 g/mol. The van der Waals surface area contributed by atoms with Crippen LogP contribution < -0.4 is 10.2 Å². The maximum absolute atomic E-state index is 5.14. The van der Waals surface area contributed by atoms with Gasteiger partial charge in [0, 0.05) is 18.0 Å². The summed E-state index contributed by atoms with van der Waals surface area (Å²) in [6.07, 6.45) is 6.65. The maximum Gasteiger partial charge on any atom is 0.263 e. The third kappa shape index (κ3) is 3.85. The highest BCUT2D eigenvalue weighted by Crippen LogP contribution is 2.20. The fourth-order valence-electron chi connectivity index (χ4n) is 1.87. The van der Waals surface area contributed by atoms with Crippen molar-refractivity contribution in [3.05, 3.63) is 60.6 Å². The Morgan fingerprint density at radius 2 is 1.87 bits per heavy atom. The van der Waals surface area contributed by atoms with Crippen molar-refractivity contribution in [2.45, 2.75) is 0 Å². The van der Waals surface area contributed by atoms with Crippen molar-refractivity contribution in [1.82, 2.24) is 20.2 Å². The van der Waals surface area contributed by atoms with Crippen LogP contribution in [-0.2, 0) is 0 Å². The lowest BCUT2D eigenvalue weighted by atomic mass is 10.1. The summed E-state index contributed by atoms with van der Waals surface area (Å²) in [5.41, 5.74) is 5.31. The highest BCUT2D eigenvalue weighted by atomic mass is 16.5. The minimum Gasteiger partial charge on any atom is -0.497 e. The van der Waals surface area contributed by atoms with Crippen LogP contribution in [0.25, 0.3) is 11.3 Å². The van der Waals surface area contributed by atoms with Crippen LogP contribution in [-0.4, -0.2) is 33.5 Å². The summed E-state index contributed by atoms with van der Waals surface area (Å²) < 4.78 is 5.14. The van der Waals surface area contributed by atoms with Gasteiger partial charge in [0.2, 0.25) is 0 Å². The SMILES string of the molecule is COc1ccc(-c2cnnc(N/N=C/c3ccncc3)n2)cc1. The first kappa shape index (κ1) is 14.6. The van der Waals surface area contributed by atoms with E-state index in [0.717, 1.165) is 16.9 Å². The number of nitrogens with zero attached hydrogens (tertiary/aromatic N) is 5. The fourth-order valence-corrected chi connectivity index (χ4v) is 1.87. The third-order valence-corrected chi connectivity index (χ3v) is 3.03. The highest BCUT2D eigenvalue weighted by Gasteiger charge is 2.03. The molecular weight excluding hydrogens is 292 g/mol. The standard InChI is InChI=1S/C16H14N6O/c1-23-14-4-2-13(3-5-14)15-11-19-22-16(20-15)21-18-10-12-6-8-17-9-7-12/h2-11H,1H3,(H,20,21,22)/b18-10+. The Labute approximate surface area is 133 Å². The summed E-state index contributed by atoms with van der Waals surface area (Å²) >= 11 is 0. The van der Waals surface area contributed by atoms with Gasteiger partial charge in [-0.05, 0) is 42.0 Å². The molecule has 2 aromatic heterocycles. The lowest BCUT2D eigenvalue weighted by Gasteiger charge is -2.04. The van der Waals surface area contributed by atoms with E-state index < -0.39 is 0 Å². The van der Waals surface area contributed by atoms with Gasteiger partial charge in [-0.1, -0.05) is 0 Å². The summed E-state index contributed by atoms with van der Waals surface area (Å²) in [6.45, 7) is 0. The second-order valence-electron chi connectivity index (χ2n) is 4.54. The molecular formula is C16H14N6O. The molecule has 1 N–H and O–H groups in total. The van der Waals surface area contributed by atoms with E-state index in [1.54, 1.807) is 31.9 Å². The molecule has 0 amide bonds. The molecule has 0 fully saturated rings.